The Kier molecular flexibility index (Phi) is 3.84. The van der Waals surface area contributed by atoms with Gasteiger partial charge in [-0.15, -0.1) is 11.3 Å². The van der Waals surface area contributed by atoms with Crippen molar-refractivity contribution >= 4 is 44.9 Å². The number of H-pyrrole nitrogens is 1. The van der Waals surface area contributed by atoms with Crippen LogP contribution in [0.5, 0.6) is 5.75 Å². The van der Waals surface area contributed by atoms with E-state index in [0.717, 1.165) is 16.5 Å². The predicted molar refractivity (Wildman–Crippen MR) is 108 cm³/mol. The average Bonchev–Trinajstić information content (AvgIpc) is 3.36. The van der Waals surface area contributed by atoms with Crippen LogP contribution in [0.15, 0.2) is 54.0 Å². The summed E-state index contributed by atoms with van der Waals surface area (Å²) in [5, 5.41) is 8.96. The lowest BCUT2D eigenvalue weighted by Crippen LogP contribution is -2.25. The monoisotopic (exact) mass is 390 g/mol. The largest absolute Gasteiger partial charge is 0.482 e. The maximum Gasteiger partial charge on any atom is 0.262 e. The van der Waals surface area contributed by atoms with Crippen molar-refractivity contribution in [3.05, 3.63) is 59.6 Å². The van der Waals surface area contributed by atoms with Crippen LogP contribution >= 0.6 is 11.3 Å². The lowest BCUT2D eigenvalue weighted by Gasteiger charge is -2.18. The molecule has 0 saturated heterocycles. The van der Waals surface area contributed by atoms with Gasteiger partial charge in [-0.2, -0.15) is 0 Å². The van der Waals surface area contributed by atoms with Crippen LogP contribution in [-0.2, 0) is 4.79 Å². The van der Waals surface area contributed by atoms with E-state index in [-0.39, 0.29) is 18.4 Å². The Bertz CT molecular complexity index is 1230. The zero-order valence-electron chi connectivity index (χ0n) is 14.5. The summed E-state index contributed by atoms with van der Waals surface area (Å²) >= 11 is 1.34. The van der Waals surface area contributed by atoms with E-state index in [1.807, 2.05) is 41.9 Å². The highest BCUT2D eigenvalue weighted by atomic mass is 32.1. The molecule has 1 aliphatic heterocycles. The normalized spacial score (nSPS) is 12.9. The minimum Gasteiger partial charge on any atom is -0.482 e. The molecule has 0 radical (unpaired) electrons. The van der Waals surface area contributed by atoms with Crippen molar-refractivity contribution in [1.29, 1.82) is 0 Å². The number of aromatic amines is 1. The van der Waals surface area contributed by atoms with E-state index in [4.69, 9.17) is 4.74 Å². The van der Waals surface area contributed by atoms with Crippen LogP contribution in [-0.4, -0.2) is 28.4 Å². The van der Waals surface area contributed by atoms with Gasteiger partial charge in [-0.25, -0.2) is 4.98 Å². The molecule has 0 saturated carbocycles. The fourth-order valence-electron chi connectivity index (χ4n) is 3.07. The fourth-order valence-corrected chi connectivity index (χ4v) is 3.78. The van der Waals surface area contributed by atoms with Gasteiger partial charge in [0.05, 0.1) is 11.4 Å². The summed E-state index contributed by atoms with van der Waals surface area (Å²) in [7, 11) is 0. The number of hydrogen-bond acceptors (Lipinski definition) is 5. The van der Waals surface area contributed by atoms with Crippen LogP contribution in [0.25, 0.3) is 22.2 Å². The number of benzene rings is 2. The molecule has 2 aromatic carbocycles. The quantitative estimate of drug-likeness (QED) is 0.495. The SMILES string of the molecule is O=C1COc2ccc(-c3csc(NC(=O)c4ccc5[nH]ccc5c4)n3)cc2N1. The topological polar surface area (TPSA) is 96.1 Å². The number of fused-ring (bicyclic) bond motifs is 2. The number of carbonyl (C=O) groups is 2. The molecule has 0 fully saturated rings. The van der Waals surface area contributed by atoms with Gasteiger partial charge < -0.3 is 15.0 Å². The zero-order valence-corrected chi connectivity index (χ0v) is 15.3. The molecule has 2 amide bonds. The number of aromatic nitrogens is 2. The number of rotatable bonds is 3. The van der Waals surface area contributed by atoms with Crippen molar-refractivity contribution in [1.82, 2.24) is 9.97 Å². The Labute approximate surface area is 163 Å². The van der Waals surface area contributed by atoms with E-state index in [1.54, 1.807) is 12.1 Å². The first-order valence-electron chi connectivity index (χ1n) is 8.57. The third-order valence-electron chi connectivity index (χ3n) is 4.45. The van der Waals surface area contributed by atoms with E-state index < -0.39 is 0 Å². The fraction of sp³-hybridized carbons (Fsp3) is 0.0500. The Morgan fingerprint density at radius 3 is 3.04 bits per heavy atom. The first-order chi connectivity index (χ1) is 13.7. The molecule has 0 unspecified atom stereocenters. The predicted octanol–water partition coefficient (Wildman–Crippen LogP) is 3.87. The number of nitrogens with one attached hydrogen (secondary N) is 3. The molecule has 5 rings (SSSR count). The van der Waals surface area contributed by atoms with Gasteiger partial charge in [-0.1, -0.05) is 0 Å². The summed E-state index contributed by atoms with van der Waals surface area (Å²) in [6.45, 7) is 0.0216. The van der Waals surface area contributed by atoms with Crippen molar-refractivity contribution in [3.63, 3.8) is 0 Å². The molecule has 3 heterocycles. The Morgan fingerprint density at radius 2 is 2.11 bits per heavy atom. The third kappa shape index (κ3) is 2.99. The molecule has 0 bridgehead atoms. The van der Waals surface area contributed by atoms with Gasteiger partial charge in [0.15, 0.2) is 11.7 Å². The van der Waals surface area contributed by atoms with Gasteiger partial charge in [-0.3, -0.25) is 14.9 Å². The highest BCUT2D eigenvalue weighted by Crippen LogP contribution is 2.33. The van der Waals surface area contributed by atoms with Crippen LogP contribution in [0.4, 0.5) is 10.8 Å². The number of hydrogen-bond donors (Lipinski definition) is 3. The summed E-state index contributed by atoms with van der Waals surface area (Å²) in [4.78, 5) is 31.6. The number of anilines is 2. The minimum atomic E-state index is -0.213. The molecular formula is C20H14N4O3S. The van der Waals surface area contributed by atoms with Gasteiger partial charge in [0.1, 0.15) is 5.75 Å². The van der Waals surface area contributed by atoms with Crippen molar-refractivity contribution in [3.8, 4) is 17.0 Å². The number of amides is 2. The Hall–Kier alpha value is -3.65. The Balaban J connectivity index is 1.36. The van der Waals surface area contributed by atoms with Gasteiger partial charge in [-0.05, 0) is 42.5 Å². The molecule has 0 aliphatic carbocycles. The van der Waals surface area contributed by atoms with E-state index in [9.17, 15) is 9.59 Å². The van der Waals surface area contributed by atoms with E-state index in [0.29, 0.717) is 27.8 Å². The number of ether oxygens (including phenoxy) is 1. The zero-order chi connectivity index (χ0) is 19.1. The van der Waals surface area contributed by atoms with Gasteiger partial charge in [0.25, 0.3) is 11.8 Å². The highest BCUT2D eigenvalue weighted by Gasteiger charge is 2.17. The maximum absolute atomic E-state index is 12.5. The van der Waals surface area contributed by atoms with Gasteiger partial charge in [0.2, 0.25) is 0 Å². The van der Waals surface area contributed by atoms with E-state index >= 15 is 0 Å². The molecule has 1 aliphatic rings. The summed E-state index contributed by atoms with van der Waals surface area (Å²) in [6.07, 6.45) is 1.84. The second-order valence-corrected chi connectivity index (χ2v) is 7.18. The lowest BCUT2D eigenvalue weighted by molar-refractivity contribution is -0.118. The molecule has 0 spiro atoms. The van der Waals surface area contributed by atoms with Crippen LogP contribution in [0.1, 0.15) is 10.4 Å². The maximum atomic E-state index is 12.5. The van der Waals surface area contributed by atoms with Crippen molar-refractivity contribution < 1.29 is 14.3 Å². The van der Waals surface area contributed by atoms with Crippen LogP contribution < -0.4 is 15.4 Å². The lowest BCUT2D eigenvalue weighted by atomic mass is 10.1. The molecule has 3 N–H and O–H groups in total. The third-order valence-corrected chi connectivity index (χ3v) is 5.21. The average molecular weight is 390 g/mol. The molecule has 138 valence electrons. The highest BCUT2D eigenvalue weighted by molar-refractivity contribution is 7.14. The van der Waals surface area contributed by atoms with Crippen molar-refractivity contribution in [2.75, 3.05) is 17.2 Å². The van der Waals surface area contributed by atoms with E-state index in [2.05, 4.69) is 20.6 Å². The molecule has 2 aromatic heterocycles. The minimum absolute atomic E-state index is 0.0216. The van der Waals surface area contributed by atoms with Crippen molar-refractivity contribution in [2.24, 2.45) is 0 Å². The van der Waals surface area contributed by atoms with Gasteiger partial charge >= 0.3 is 0 Å². The van der Waals surface area contributed by atoms with E-state index in [1.165, 1.54) is 11.3 Å². The standard InChI is InChI=1S/C20H14N4O3S/c25-18-9-27-17-4-2-11(8-15(17)22-18)16-10-28-20(23-16)24-19(26)13-1-3-14-12(7-13)5-6-21-14/h1-8,10,21H,9H2,(H,22,25)(H,23,24,26). The second kappa shape index (κ2) is 6.50. The van der Waals surface area contributed by atoms with Crippen LogP contribution in [0.2, 0.25) is 0 Å². The first-order valence-corrected chi connectivity index (χ1v) is 9.45. The molecule has 0 atom stereocenters. The summed E-state index contributed by atoms with van der Waals surface area (Å²) in [5.74, 6) is 0.234. The summed E-state index contributed by atoms with van der Waals surface area (Å²) in [5.41, 5.74) is 3.71. The molecule has 8 heteroatoms. The molecule has 7 nitrogen and oxygen atoms in total. The Morgan fingerprint density at radius 1 is 1.18 bits per heavy atom. The molecule has 28 heavy (non-hydrogen) atoms. The van der Waals surface area contributed by atoms with Crippen LogP contribution in [0, 0.1) is 0 Å². The molecule has 4 aromatic rings. The number of nitrogens with zero attached hydrogens (tertiary/aromatic N) is 1. The van der Waals surface area contributed by atoms with Crippen LogP contribution in [0.3, 0.4) is 0 Å². The second-order valence-electron chi connectivity index (χ2n) is 6.32. The van der Waals surface area contributed by atoms with Gasteiger partial charge in [0, 0.05) is 33.6 Å². The number of carbonyl (C=O) groups excluding carboxylic acids is 2. The van der Waals surface area contributed by atoms with Crippen molar-refractivity contribution in [2.45, 2.75) is 0 Å². The summed E-state index contributed by atoms with van der Waals surface area (Å²) in [6, 6.07) is 12.9. The smallest absolute Gasteiger partial charge is 0.262 e. The summed E-state index contributed by atoms with van der Waals surface area (Å²) < 4.78 is 5.37. The first kappa shape index (κ1) is 16.5. The molecular weight excluding hydrogens is 376 g/mol. The number of thiazole rings is 1.